The maximum absolute atomic E-state index is 12.2. The smallest absolute Gasteiger partial charge is 0.407 e. The van der Waals surface area contributed by atoms with Gasteiger partial charge in [-0.2, -0.15) is 0 Å². The lowest BCUT2D eigenvalue weighted by Gasteiger charge is -2.14. The molecule has 1 aliphatic rings. The molecule has 3 aromatic carbocycles. The molecule has 0 unspecified atom stereocenters. The number of oxime groups is 1. The highest BCUT2D eigenvalue weighted by Gasteiger charge is 2.28. The van der Waals surface area contributed by atoms with Gasteiger partial charge in [-0.05, 0) is 27.8 Å². The van der Waals surface area contributed by atoms with Crippen molar-refractivity contribution in [1.82, 2.24) is 5.32 Å². The van der Waals surface area contributed by atoms with Crippen LogP contribution in [0.15, 0.2) is 84.0 Å². The van der Waals surface area contributed by atoms with Gasteiger partial charge in [-0.15, -0.1) is 0 Å². The number of amides is 1. The summed E-state index contributed by atoms with van der Waals surface area (Å²) in [6.45, 7) is 0.626. The fourth-order valence-electron chi connectivity index (χ4n) is 3.82. The molecule has 0 spiro atoms. The molecule has 0 bridgehead atoms. The molecule has 2 N–H and O–H groups in total. The van der Waals surface area contributed by atoms with Gasteiger partial charge in [-0.25, -0.2) is 4.79 Å². The minimum Gasteiger partial charge on any atom is -0.449 e. The average Bonchev–Trinajstić information content (AvgIpc) is 3.10. The molecule has 0 radical (unpaired) electrons. The molecule has 0 aliphatic heterocycles. The van der Waals surface area contributed by atoms with Crippen LogP contribution in [0.1, 0.15) is 28.2 Å². The van der Waals surface area contributed by atoms with Crippen molar-refractivity contribution in [1.29, 1.82) is 0 Å². The molecule has 30 heavy (non-hydrogen) atoms. The number of nitrogens with zero attached hydrogens (tertiary/aromatic N) is 1. The van der Waals surface area contributed by atoms with Gasteiger partial charge in [0.05, 0.1) is 6.21 Å². The molecule has 1 amide bonds. The van der Waals surface area contributed by atoms with Gasteiger partial charge in [0, 0.05) is 18.0 Å². The Morgan fingerprint density at radius 3 is 2.20 bits per heavy atom. The molecule has 0 atom stereocenters. The van der Waals surface area contributed by atoms with Crippen molar-refractivity contribution >= 4 is 18.4 Å². The highest BCUT2D eigenvalue weighted by molar-refractivity contribution is 5.85. The number of benzene rings is 3. The Morgan fingerprint density at radius 1 is 0.933 bits per heavy atom. The summed E-state index contributed by atoms with van der Waals surface area (Å²) < 4.78 is 5.52. The number of fused-ring (bicyclic) bond motifs is 3. The molecule has 0 saturated carbocycles. The normalized spacial score (nSPS) is 12.8. The first kappa shape index (κ1) is 19.5. The molecule has 0 fully saturated rings. The van der Waals surface area contributed by atoms with E-state index in [1.54, 1.807) is 0 Å². The van der Waals surface area contributed by atoms with Crippen molar-refractivity contribution in [2.75, 3.05) is 13.2 Å². The van der Waals surface area contributed by atoms with Gasteiger partial charge in [0.15, 0.2) is 0 Å². The summed E-state index contributed by atoms with van der Waals surface area (Å²) in [5, 5.41) is 14.5. The molecule has 3 aromatic rings. The predicted molar refractivity (Wildman–Crippen MR) is 118 cm³/mol. The van der Waals surface area contributed by atoms with E-state index < -0.39 is 6.09 Å². The van der Waals surface area contributed by atoms with Crippen LogP contribution in [0.3, 0.4) is 0 Å². The minimum absolute atomic E-state index is 0.0448. The molecule has 5 heteroatoms. The predicted octanol–water partition coefficient (Wildman–Crippen LogP) is 5.05. The van der Waals surface area contributed by atoms with E-state index in [2.05, 4.69) is 34.7 Å². The number of hydrogen-bond acceptors (Lipinski definition) is 4. The van der Waals surface area contributed by atoms with Gasteiger partial charge < -0.3 is 15.3 Å². The van der Waals surface area contributed by atoms with E-state index in [0.29, 0.717) is 13.2 Å². The monoisotopic (exact) mass is 398 g/mol. The maximum Gasteiger partial charge on any atom is 0.407 e. The number of alkyl carbamates (subject to hydrolysis) is 1. The van der Waals surface area contributed by atoms with Crippen molar-refractivity contribution in [3.8, 4) is 11.1 Å². The fraction of sp³-hybridized carbons (Fsp3) is 0.120. The Bertz CT molecular complexity index is 1060. The summed E-state index contributed by atoms with van der Waals surface area (Å²) in [6, 6.07) is 24.0. The lowest BCUT2D eigenvalue weighted by Crippen LogP contribution is -2.26. The molecule has 0 heterocycles. The lowest BCUT2D eigenvalue weighted by atomic mass is 9.98. The van der Waals surface area contributed by atoms with Gasteiger partial charge in [0.1, 0.15) is 6.61 Å². The van der Waals surface area contributed by atoms with Crippen molar-refractivity contribution in [3.05, 3.63) is 101 Å². The van der Waals surface area contributed by atoms with Crippen LogP contribution in [-0.4, -0.2) is 30.7 Å². The van der Waals surface area contributed by atoms with Crippen molar-refractivity contribution in [2.45, 2.75) is 5.92 Å². The Balaban J connectivity index is 1.34. The lowest BCUT2D eigenvalue weighted by molar-refractivity contribution is 0.144. The molecule has 0 aromatic heterocycles. The maximum atomic E-state index is 12.2. The summed E-state index contributed by atoms with van der Waals surface area (Å²) in [7, 11) is 0. The van der Waals surface area contributed by atoms with Crippen LogP contribution in [0.25, 0.3) is 17.2 Å². The first-order valence-corrected chi connectivity index (χ1v) is 9.80. The second-order valence-corrected chi connectivity index (χ2v) is 6.98. The van der Waals surface area contributed by atoms with E-state index >= 15 is 0 Å². The summed E-state index contributed by atoms with van der Waals surface area (Å²) >= 11 is 0. The molecule has 150 valence electrons. The Labute approximate surface area is 175 Å². The topological polar surface area (TPSA) is 70.9 Å². The number of carbonyl (C=O) groups is 1. The number of nitrogens with one attached hydrogen (secondary N) is 1. The van der Waals surface area contributed by atoms with Gasteiger partial charge in [-0.1, -0.05) is 90.1 Å². The van der Waals surface area contributed by atoms with Crippen LogP contribution in [-0.2, 0) is 4.74 Å². The first-order chi connectivity index (χ1) is 14.8. The van der Waals surface area contributed by atoms with E-state index in [4.69, 9.17) is 9.94 Å². The summed E-state index contributed by atoms with van der Waals surface area (Å²) in [4.78, 5) is 12.2. The third-order valence-electron chi connectivity index (χ3n) is 5.20. The second-order valence-electron chi connectivity index (χ2n) is 6.98. The zero-order chi connectivity index (χ0) is 20.8. The molecular formula is C25H22N2O3. The van der Waals surface area contributed by atoms with E-state index in [-0.39, 0.29) is 5.92 Å². The van der Waals surface area contributed by atoms with Crippen LogP contribution < -0.4 is 5.32 Å². The van der Waals surface area contributed by atoms with E-state index in [1.165, 1.54) is 28.5 Å². The van der Waals surface area contributed by atoms with Crippen LogP contribution in [0.2, 0.25) is 0 Å². The Morgan fingerprint density at radius 2 is 1.53 bits per heavy atom. The summed E-state index contributed by atoms with van der Waals surface area (Å²) in [5.74, 6) is 0.0448. The summed E-state index contributed by atoms with van der Waals surface area (Å²) in [5.41, 5.74) is 6.47. The van der Waals surface area contributed by atoms with Gasteiger partial charge in [0.2, 0.25) is 0 Å². The van der Waals surface area contributed by atoms with E-state index in [0.717, 1.165) is 11.1 Å². The standard InChI is InChI=1S/C25H22N2O3/c28-25(26-15-7-10-18-8-1-2-9-19(18)16-27-29)30-17-24-22-13-5-3-11-20(22)21-12-4-6-14-23(21)24/h1-14,16,24,29H,15,17H2,(H,26,28). The van der Waals surface area contributed by atoms with Crippen molar-refractivity contribution in [3.63, 3.8) is 0 Å². The summed E-state index contributed by atoms with van der Waals surface area (Å²) in [6.07, 6.45) is 4.61. The van der Waals surface area contributed by atoms with Crippen LogP contribution in [0.4, 0.5) is 4.79 Å². The average molecular weight is 398 g/mol. The fourth-order valence-corrected chi connectivity index (χ4v) is 3.82. The third-order valence-corrected chi connectivity index (χ3v) is 5.20. The third kappa shape index (κ3) is 4.10. The highest BCUT2D eigenvalue weighted by Crippen LogP contribution is 2.44. The SMILES string of the molecule is O=C(NCC=Cc1ccccc1C=NO)OCC1c2ccccc2-c2ccccc21. The van der Waals surface area contributed by atoms with Crippen LogP contribution in [0.5, 0.6) is 0 Å². The van der Waals surface area contributed by atoms with Crippen molar-refractivity contribution in [2.24, 2.45) is 5.16 Å². The molecule has 5 nitrogen and oxygen atoms in total. The first-order valence-electron chi connectivity index (χ1n) is 9.80. The molecule has 4 rings (SSSR count). The Kier molecular flexibility index (Phi) is 5.90. The van der Waals surface area contributed by atoms with Crippen LogP contribution in [0, 0.1) is 0 Å². The van der Waals surface area contributed by atoms with E-state index in [9.17, 15) is 4.79 Å². The van der Waals surface area contributed by atoms with E-state index in [1.807, 2.05) is 60.7 Å². The Hall–Kier alpha value is -3.86. The minimum atomic E-state index is -0.452. The van der Waals surface area contributed by atoms with Crippen LogP contribution >= 0.6 is 0 Å². The highest BCUT2D eigenvalue weighted by atomic mass is 16.5. The van der Waals surface area contributed by atoms with Gasteiger partial charge in [0.25, 0.3) is 0 Å². The zero-order valence-corrected chi connectivity index (χ0v) is 16.4. The molecular weight excluding hydrogens is 376 g/mol. The largest absolute Gasteiger partial charge is 0.449 e. The second kappa shape index (κ2) is 9.09. The molecule has 0 saturated heterocycles. The number of carbonyl (C=O) groups excluding carboxylic acids is 1. The quantitative estimate of drug-likeness (QED) is 0.347. The van der Waals surface area contributed by atoms with Gasteiger partial charge in [-0.3, -0.25) is 0 Å². The molecule has 1 aliphatic carbocycles. The number of hydrogen-bond donors (Lipinski definition) is 2. The number of ether oxygens (including phenoxy) is 1. The number of rotatable bonds is 6. The van der Waals surface area contributed by atoms with Crippen molar-refractivity contribution < 1.29 is 14.7 Å². The zero-order valence-electron chi connectivity index (χ0n) is 16.4. The van der Waals surface area contributed by atoms with Gasteiger partial charge >= 0.3 is 6.09 Å².